The zero-order chi connectivity index (χ0) is 14.1. The van der Waals surface area contributed by atoms with E-state index in [4.69, 9.17) is 0 Å². The van der Waals surface area contributed by atoms with Crippen molar-refractivity contribution in [3.8, 4) is 0 Å². The number of aromatic nitrogens is 1. The Morgan fingerprint density at radius 3 is 2.75 bits per heavy atom. The van der Waals surface area contributed by atoms with E-state index in [0.717, 1.165) is 38.0 Å². The Morgan fingerprint density at radius 2 is 2.05 bits per heavy atom. The lowest BCUT2D eigenvalue weighted by molar-refractivity contribution is 0.0733. The summed E-state index contributed by atoms with van der Waals surface area (Å²) in [5, 5.41) is 3.22. The molecule has 1 saturated heterocycles. The molecule has 5 nitrogen and oxygen atoms in total. The SMILES string of the molecule is CCn1c2c(cc(C(=O)N3CCNCC3)c1=O)CCC2. The highest BCUT2D eigenvalue weighted by Crippen LogP contribution is 2.21. The number of amides is 1. The molecular weight excluding hydrogens is 254 g/mol. The van der Waals surface area contributed by atoms with Crippen LogP contribution in [-0.4, -0.2) is 41.6 Å². The lowest BCUT2D eigenvalue weighted by Crippen LogP contribution is -2.48. The number of nitrogens with one attached hydrogen (secondary N) is 1. The van der Waals surface area contributed by atoms with Crippen LogP contribution in [0.1, 0.15) is 35.0 Å². The fourth-order valence-electron chi connectivity index (χ4n) is 3.24. The number of carbonyl (C=O) groups excluding carboxylic acids is 1. The van der Waals surface area contributed by atoms with Crippen LogP contribution in [0.25, 0.3) is 0 Å². The van der Waals surface area contributed by atoms with E-state index in [1.54, 1.807) is 9.47 Å². The van der Waals surface area contributed by atoms with Crippen LogP contribution in [0.15, 0.2) is 10.9 Å². The van der Waals surface area contributed by atoms with Gasteiger partial charge in [-0.25, -0.2) is 0 Å². The number of hydrogen-bond donors (Lipinski definition) is 1. The maximum atomic E-state index is 12.6. The van der Waals surface area contributed by atoms with E-state index in [0.29, 0.717) is 25.2 Å². The zero-order valence-corrected chi connectivity index (χ0v) is 11.9. The van der Waals surface area contributed by atoms with Gasteiger partial charge >= 0.3 is 0 Å². The highest BCUT2D eigenvalue weighted by atomic mass is 16.2. The minimum absolute atomic E-state index is 0.103. The topological polar surface area (TPSA) is 54.3 Å². The summed E-state index contributed by atoms with van der Waals surface area (Å²) in [6, 6.07) is 1.85. The molecule has 1 fully saturated rings. The van der Waals surface area contributed by atoms with Crippen molar-refractivity contribution >= 4 is 5.91 Å². The second kappa shape index (κ2) is 5.40. The Balaban J connectivity index is 2.01. The Labute approximate surface area is 118 Å². The molecule has 2 heterocycles. The molecule has 0 aromatic carbocycles. The molecule has 1 N–H and O–H groups in total. The molecule has 108 valence electrons. The van der Waals surface area contributed by atoms with Gasteiger partial charge in [0, 0.05) is 38.4 Å². The van der Waals surface area contributed by atoms with Crippen molar-refractivity contribution in [2.45, 2.75) is 32.7 Å². The lowest BCUT2D eigenvalue weighted by Gasteiger charge is -2.27. The molecule has 3 rings (SSSR count). The van der Waals surface area contributed by atoms with E-state index in [-0.39, 0.29) is 11.5 Å². The number of fused-ring (bicyclic) bond motifs is 1. The second-order valence-electron chi connectivity index (χ2n) is 5.48. The van der Waals surface area contributed by atoms with E-state index < -0.39 is 0 Å². The van der Waals surface area contributed by atoms with Gasteiger partial charge in [0.25, 0.3) is 11.5 Å². The Hall–Kier alpha value is -1.62. The molecule has 0 bridgehead atoms. The largest absolute Gasteiger partial charge is 0.336 e. The van der Waals surface area contributed by atoms with Gasteiger partial charge in [-0.15, -0.1) is 0 Å². The van der Waals surface area contributed by atoms with Crippen LogP contribution in [0.4, 0.5) is 0 Å². The van der Waals surface area contributed by atoms with Gasteiger partial charge < -0.3 is 14.8 Å². The first-order valence-corrected chi connectivity index (χ1v) is 7.48. The van der Waals surface area contributed by atoms with E-state index in [1.807, 2.05) is 13.0 Å². The number of piperazine rings is 1. The van der Waals surface area contributed by atoms with Crippen LogP contribution >= 0.6 is 0 Å². The van der Waals surface area contributed by atoms with E-state index in [2.05, 4.69) is 5.32 Å². The first kappa shape index (κ1) is 13.4. The summed E-state index contributed by atoms with van der Waals surface area (Å²) in [6.45, 7) is 5.59. The number of rotatable bonds is 2. The predicted molar refractivity (Wildman–Crippen MR) is 77.2 cm³/mol. The van der Waals surface area contributed by atoms with Gasteiger partial charge in [-0.05, 0) is 37.8 Å². The average molecular weight is 275 g/mol. The summed E-state index contributed by atoms with van der Waals surface area (Å²) in [5.41, 5.74) is 2.56. The standard InChI is InChI=1S/C15H21N3O2/c1-2-18-13-5-3-4-11(13)10-12(15(18)20)14(19)17-8-6-16-7-9-17/h10,16H,2-9H2,1H3. The molecule has 1 aromatic heterocycles. The van der Waals surface area contributed by atoms with Crippen LogP contribution in [0.5, 0.6) is 0 Å². The summed E-state index contributed by atoms with van der Waals surface area (Å²) < 4.78 is 1.79. The number of nitrogens with zero attached hydrogens (tertiary/aromatic N) is 2. The molecule has 1 amide bonds. The Bertz CT molecular complexity index is 586. The molecule has 0 radical (unpaired) electrons. The zero-order valence-electron chi connectivity index (χ0n) is 11.9. The minimum Gasteiger partial charge on any atom is -0.336 e. The molecule has 1 aromatic rings. The highest BCUT2D eigenvalue weighted by molar-refractivity contribution is 5.94. The normalized spacial score (nSPS) is 18.1. The van der Waals surface area contributed by atoms with E-state index in [9.17, 15) is 9.59 Å². The third kappa shape index (κ3) is 2.16. The van der Waals surface area contributed by atoms with Crippen molar-refractivity contribution in [3.05, 3.63) is 33.2 Å². The van der Waals surface area contributed by atoms with Crippen LogP contribution in [-0.2, 0) is 19.4 Å². The smallest absolute Gasteiger partial charge is 0.263 e. The summed E-state index contributed by atoms with van der Waals surface area (Å²) in [5.74, 6) is -0.103. The van der Waals surface area contributed by atoms with Crippen molar-refractivity contribution in [3.63, 3.8) is 0 Å². The third-order valence-electron chi connectivity index (χ3n) is 4.30. The average Bonchev–Trinajstić information content (AvgIpc) is 2.95. The van der Waals surface area contributed by atoms with Gasteiger partial charge in [-0.2, -0.15) is 0 Å². The van der Waals surface area contributed by atoms with E-state index in [1.165, 1.54) is 5.56 Å². The molecule has 20 heavy (non-hydrogen) atoms. The first-order chi connectivity index (χ1) is 9.72. The van der Waals surface area contributed by atoms with Crippen molar-refractivity contribution in [1.29, 1.82) is 0 Å². The van der Waals surface area contributed by atoms with Crippen molar-refractivity contribution in [1.82, 2.24) is 14.8 Å². The highest BCUT2D eigenvalue weighted by Gasteiger charge is 2.25. The van der Waals surface area contributed by atoms with Crippen molar-refractivity contribution in [2.24, 2.45) is 0 Å². The molecule has 5 heteroatoms. The van der Waals surface area contributed by atoms with Crippen molar-refractivity contribution in [2.75, 3.05) is 26.2 Å². The monoisotopic (exact) mass is 275 g/mol. The summed E-state index contributed by atoms with van der Waals surface area (Å²) in [6.07, 6.45) is 3.03. The fourth-order valence-corrected chi connectivity index (χ4v) is 3.24. The third-order valence-corrected chi connectivity index (χ3v) is 4.30. The number of hydrogen-bond acceptors (Lipinski definition) is 3. The number of carbonyl (C=O) groups is 1. The van der Waals surface area contributed by atoms with Gasteiger partial charge in [0.1, 0.15) is 5.56 Å². The van der Waals surface area contributed by atoms with Crippen LogP contribution in [0.2, 0.25) is 0 Å². The Morgan fingerprint density at radius 1 is 1.30 bits per heavy atom. The molecule has 1 aliphatic carbocycles. The van der Waals surface area contributed by atoms with Gasteiger partial charge in [0.05, 0.1) is 0 Å². The molecule has 0 saturated carbocycles. The van der Waals surface area contributed by atoms with Crippen molar-refractivity contribution < 1.29 is 4.79 Å². The fraction of sp³-hybridized carbons (Fsp3) is 0.600. The second-order valence-corrected chi connectivity index (χ2v) is 5.48. The quantitative estimate of drug-likeness (QED) is 0.850. The van der Waals surface area contributed by atoms with E-state index >= 15 is 0 Å². The van der Waals surface area contributed by atoms with Crippen LogP contribution in [0.3, 0.4) is 0 Å². The summed E-state index contributed by atoms with van der Waals surface area (Å²) in [4.78, 5) is 26.9. The van der Waals surface area contributed by atoms with Gasteiger partial charge in [-0.3, -0.25) is 9.59 Å². The summed E-state index contributed by atoms with van der Waals surface area (Å²) >= 11 is 0. The summed E-state index contributed by atoms with van der Waals surface area (Å²) in [7, 11) is 0. The maximum Gasteiger partial charge on any atom is 0.263 e. The molecular formula is C15H21N3O2. The van der Waals surface area contributed by atoms with Gasteiger partial charge in [0.15, 0.2) is 0 Å². The predicted octanol–water partition coefficient (Wildman–Crippen LogP) is 0.402. The number of aryl methyl sites for hydroxylation is 1. The minimum atomic E-state index is -0.114. The maximum absolute atomic E-state index is 12.6. The Kier molecular flexibility index (Phi) is 3.61. The number of pyridine rings is 1. The van der Waals surface area contributed by atoms with Crippen LogP contribution < -0.4 is 10.9 Å². The molecule has 0 unspecified atom stereocenters. The molecule has 1 aliphatic heterocycles. The molecule has 0 atom stereocenters. The van der Waals surface area contributed by atoms with Crippen LogP contribution in [0, 0.1) is 0 Å². The van der Waals surface area contributed by atoms with Gasteiger partial charge in [-0.1, -0.05) is 0 Å². The lowest BCUT2D eigenvalue weighted by atomic mass is 10.1. The molecule has 2 aliphatic rings. The van der Waals surface area contributed by atoms with Gasteiger partial charge in [0.2, 0.25) is 0 Å². The first-order valence-electron chi connectivity index (χ1n) is 7.48. The molecule has 0 spiro atoms.